The van der Waals surface area contributed by atoms with Crippen molar-refractivity contribution in [1.29, 1.82) is 0 Å². The highest BCUT2D eigenvalue weighted by Gasteiger charge is 2.28. The van der Waals surface area contributed by atoms with Gasteiger partial charge in [0.1, 0.15) is 0 Å². The summed E-state index contributed by atoms with van der Waals surface area (Å²) in [5.74, 6) is 0.154. The smallest absolute Gasteiger partial charge is 0.156 e. The minimum atomic E-state index is -3.05. The average Bonchev–Trinajstić information content (AvgIpc) is 2.28. The Morgan fingerprint density at radius 3 is 2.56 bits per heavy atom. The Morgan fingerprint density at radius 2 is 2.06 bits per heavy atom. The molecule has 1 heterocycles. The minimum Gasteiger partial charge on any atom is -0.309 e. The molecule has 0 unspecified atom stereocenters. The lowest BCUT2D eigenvalue weighted by Crippen LogP contribution is -2.35. The predicted molar refractivity (Wildman–Crippen MR) is 74.2 cm³/mol. The van der Waals surface area contributed by atoms with Gasteiger partial charge in [0.2, 0.25) is 0 Å². The van der Waals surface area contributed by atoms with Gasteiger partial charge in [-0.2, -0.15) is 0 Å². The van der Waals surface area contributed by atoms with Crippen molar-refractivity contribution >= 4 is 9.84 Å². The van der Waals surface area contributed by atoms with Crippen LogP contribution in [-0.4, -0.2) is 30.4 Å². The third-order valence-corrected chi connectivity index (χ3v) is 5.55. The first-order chi connectivity index (χ1) is 8.24. The highest BCUT2D eigenvalue weighted by molar-refractivity contribution is 7.92. The van der Waals surface area contributed by atoms with E-state index in [1.54, 1.807) is 33.2 Å². The fourth-order valence-electron chi connectivity index (χ4n) is 1.47. The van der Waals surface area contributed by atoms with Crippen molar-refractivity contribution in [3.8, 4) is 0 Å². The van der Waals surface area contributed by atoms with Crippen LogP contribution in [0.1, 0.15) is 39.3 Å². The maximum Gasteiger partial charge on any atom is 0.156 e. The van der Waals surface area contributed by atoms with Gasteiger partial charge < -0.3 is 5.32 Å². The van der Waals surface area contributed by atoms with Crippen LogP contribution in [0.4, 0.5) is 0 Å². The zero-order valence-electron chi connectivity index (χ0n) is 11.5. The van der Waals surface area contributed by atoms with E-state index in [1.165, 1.54) is 0 Å². The van der Waals surface area contributed by atoms with Crippen LogP contribution in [0.25, 0.3) is 0 Å². The standard InChI is InChI=1S/C13H22N2O2S/c1-11(12-6-5-7-14-10-12)15-8-9-18(16,17)13(2,3)4/h5-7,10-11,15H,8-9H2,1-4H3/t11-/m1/s1. The predicted octanol–water partition coefficient (Wildman–Crippen LogP) is 1.95. The molecule has 0 radical (unpaired) electrons. The van der Waals surface area contributed by atoms with E-state index in [-0.39, 0.29) is 11.8 Å². The van der Waals surface area contributed by atoms with Gasteiger partial charge in [0.15, 0.2) is 9.84 Å². The summed E-state index contributed by atoms with van der Waals surface area (Å²) < 4.78 is 23.1. The molecule has 4 nitrogen and oxygen atoms in total. The molecule has 1 aromatic rings. The number of nitrogens with one attached hydrogen (secondary N) is 1. The van der Waals surface area contributed by atoms with Crippen LogP contribution in [0.2, 0.25) is 0 Å². The van der Waals surface area contributed by atoms with Gasteiger partial charge in [-0.05, 0) is 39.3 Å². The third kappa shape index (κ3) is 4.07. The summed E-state index contributed by atoms with van der Waals surface area (Å²) in [7, 11) is -3.05. The molecule has 1 rings (SSSR count). The first-order valence-electron chi connectivity index (χ1n) is 6.09. The van der Waals surface area contributed by atoms with E-state index in [0.29, 0.717) is 6.54 Å². The van der Waals surface area contributed by atoms with Gasteiger partial charge in [-0.1, -0.05) is 6.07 Å². The summed E-state index contributed by atoms with van der Waals surface area (Å²) in [5, 5.41) is 3.21. The number of aromatic nitrogens is 1. The summed E-state index contributed by atoms with van der Waals surface area (Å²) in [6.45, 7) is 7.64. The average molecular weight is 270 g/mol. The number of sulfone groups is 1. The zero-order chi connectivity index (χ0) is 13.8. The number of pyridine rings is 1. The van der Waals surface area contributed by atoms with E-state index in [2.05, 4.69) is 10.3 Å². The molecule has 18 heavy (non-hydrogen) atoms. The highest BCUT2D eigenvalue weighted by atomic mass is 32.2. The SMILES string of the molecule is C[C@@H](NCCS(=O)(=O)C(C)(C)C)c1cccnc1. The summed E-state index contributed by atoms with van der Waals surface area (Å²) in [4.78, 5) is 4.04. The fourth-order valence-corrected chi connectivity index (χ4v) is 2.46. The highest BCUT2D eigenvalue weighted by Crippen LogP contribution is 2.16. The van der Waals surface area contributed by atoms with Gasteiger partial charge in [0.25, 0.3) is 0 Å². The van der Waals surface area contributed by atoms with Crippen molar-refractivity contribution < 1.29 is 8.42 Å². The van der Waals surface area contributed by atoms with Crippen LogP contribution in [0.15, 0.2) is 24.5 Å². The monoisotopic (exact) mass is 270 g/mol. The van der Waals surface area contributed by atoms with Crippen LogP contribution in [-0.2, 0) is 9.84 Å². The Balaban J connectivity index is 2.49. The number of hydrogen-bond donors (Lipinski definition) is 1. The van der Waals surface area contributed by atoms with E-state index in [9.17, 15) is 8.42 Å². The van der Waals surface area contributed by atoms with E-state index < -0.39 is 14.6 Å². The first kappa shape index (κ1) is 15.1. The van der Waals surface area contributed by atoms with Crippen LogP contribution in [0.3, 0.4) is 0 Å². The number of rotatable bonds is 5. The summed E-state index contributed by atoms with van der Waals surface area (Å²) >= 11 is 0. The minimum absolute atomic E-state index is 0.105. The van der Waals surface area contributed by atoms with Crippen molar-refractivity contribution in [2.24, 2.45) is 0 Å². The molecule has 5 heteroatoms. The summed E-state index contributed by atoms with van der Waals surface area (Å²) in [6, 6.07) is 3.95. The molecular formula is C13H22N2O2S. The molecule has 0 fully saturated rings. The molecule has 0 amide bonds. The van der Waals surface area contributed by atoms with Gasteiger partial charge in [0, 0.05) is 25.0 Å². The van der Waals surface area contributed by atoms with Crippen LogP contribution >= 0.6 is 0 Å². The lowest BCUT2D eigenvalue weighted by molar-refractivity contribution is 0.546. The first-order valence-corrected chi connectivity index (χ1v) is 7.75. The molecule has 0 spiro atoms. The zero-order valence-corrected chi connectivity index (χ0v) is 12.3. The van der Waals surface area contributed by atoms with Gasteiger partial charge in [-0.15, -0.1) is 0 Å². The molecule has 0 aliphatic heterocycles. The normalized spacial score (nSPS) is 14.4. The van der Waals surface area contributed by atoms with E-state index in [0.717, 1.165) is 5.56 Å². The second-order valence-corrected chi connectivity index (χ2v) is 8.26. The van der Waals surface area contributed by atoms with Crippen LogP contribution in [0, 0.1) is 0 Å². The maximum atomic E-state index is 11.9. The Bertz CT molecular complexity index is 464. The van der Waals surface area contributed by atoms with E-state index in [1.807, 2.05) is 19.1 Å². The Hall–Kier alpha value is -0.940. The molecule has 0 saturated heterocycles. The molecule has 0 aromatic carbocycles. The van der Waals surface area contributed by atoms with Crippen molar-refractivity contribution in [1.82, 2.24) is 10.3 Å². The molecule has 1 N–H and O–H groups in total. The quantitative estimate of drug-likeness (QED) is 0.888. The van der Waals surface area contributed by atoms with Gasteiger partial charge in [-0.25, -0.2) is 8.42 Å². The van der Waals surface area contributed by atoms with Crippen molar-refractivity contribution in [2.45, 2.75) is 38.5 Å². The maximum absolute atomic E-state index is 11.9. The molecule has 1 atom stereocenters. The topological polar surface area (TPSA) is 59.1 Å². The Labute approximate surface area is 110 Å². The van der Waals surface area contributed by atoms with Crippen molar-refractivity contribution in [3.63, 3.8) is 0 Å². The second-order valence-electron chi connectivity index (χ2n) is 5.39. The van der Waals surface area contributed by atoms with Crippen molar-refractivity contribution in [3.05, 3.63) is 30.1 Å². The fraction of sp³-hybridized carbons (Fsp3) is 0.615. The lowest BCUT2D eigenvalue weighted by Gasteiger charge is -2.20. The lowest BCUT2D eigenvalue weighted by atomic mass is 10.1. The second kappa shape index (κ2) is 5.80. The molecule has 0 aliphatic rings. The van der Waals surface area contributed by atoms with Gasteiger partial charge >= 0.3 is 0 Å². The van der Waals surface area contributed by atoms with E-state index >= 15 is 0 Å². The van der Waals surface area contributed by atoms with Crippen LogP contribution in [0.5, 0.6) is 0 Å². The molecule has 0 aliphatic carbocycles. The Kier molecular flexibility index (Phi) is 4.87. The van der Waals surface area contributed by atoms with Gasteiger partial charge in [-0.3, -0.25) is 4.98 Å². The largest absolute Gasteiger partial charge is 0.309 e. The van der Waals surface area contributed by atoms with E-state index in [4.69, 9.17) is 0 Å². The molecule has 102 valence electrons. The van der Waals surface area contributed by atoms with Crippen molar-refractivity contribution in [2.75, 3.05) is 12.3 Å². The summed E-state index contributed by atoms with van der Waals surface area (Å²) in [6.07, 6.45) is 3.51. The van der Waals surface area contributed by atoms with Crippen LogP contribution < -0.4 is 5.32 Å². The number of hydrogen-bond acceptors (Lipinski definition) is 4. The third-order valence-electron chi connectivity index (χ3n) is 2.94. The molecule has 0 saturated carbocycles. The molecular weight excluding hydrogens is 248 g/mol. The van der Waals surface area contributed by atoms with Gasteiger partial charge in [0.05, 0.1) is 10.5 Å². The molecule has 1 aromatic heterocycles. The Morgan fingerprint density at radius 1 is 1.39 bits per heavy atom. The summed E-state index contributed by atoms with van der Waals surface area (Å²) in [5.41, 5.74) is 1.06. The molecule has 0 bridgehead atoms. The number of nitrogens with zero attached hydrogens (tertiary/aromatic N) is 1.